The van der Waals surface area contributed by atoms with E-state index in [2.05, 4.69) is 25.2 Å². The van der Waals surface area contributed by atoms with Crippen molar-refractivity contribution < 1.29 is 14.6 Å². The minimum Gasteiger partial charge on any atom is -0.496 e. The standard InChI is InChI=1S/C15H21NO3/c1-9(2)11-7-10(5-6-13(11)19-4)12-8-15(12,16-3)14(17)18/h5-7,9,12,16H,8H2,1-4H3,(H,17,18). The van der Waals surface area contributed by atoms with Crippen LogP contribution in [-0.2, 0) is 4.79 Å². The third-order valence-corrected chi connectivity index (χ3v) is 4.07. The largest absolute Gasteiger partial charge is 0.496 e. The normalized spacial score (nSPS) is 25.4. The molecule has 1 saturated carbocycles. The van der Waals surface area contributed by atoms with Gasteiger partial charge in [-0.15, -0.1) is 0 Å². The molecule has 1 aliphatic rings. The third-order valence-electron chi connectivity index (χ3n) is 4.07. The number of aliphatic carboxylic acids is 1. The molecule has 4 heteroatoms. The van der Waals surface area contributed by atoms with Gasteiger partial charge >= 0.3 is 5.97 Å². The van der Waals surface area contributed by atoms with E-state index < -0.39 is 11.5 Å². The third kappa shape index (κ3) is 2.21. The Labute approximate surface area is 113 Å². The van der Waals surface area contributed by atoms with E-state index in [0.717, 1.165) is 16.9 Å². The number of rotatable bonds is 5. The molecule has 2 atom stereocenters. The van der Waals surface area contributed by atoms with E-state index in [1.165, 1.54) is 0 Å². The molecule has 19 heavy (non-hydrogen) atoms. The molecule has 0 heterocycles. The summed E-state index contributed by atoms with van der Waals surface area (Å²) in [5, 5.41) is 12.3. The molecule has 0 spiro atoms. The number of carboxylic acids is 1. The molecule has 0 radical (unpaired) electrons. The summed E-state index contributed by atoms with van der Waals surface area (Å²) in [6, 6.07) is 5.98. The molecule has 0 amide bonds. The monoisotopic (exact) mass is 263 g/mol. The van der Waals surface area contributed by atoms with Crippen LogP contribution < -0.4 is 10.1 Å². The van der Waals surface area contributed by atoms with Gasteiger partial charge in [-0.25, -0.2) is 0 Å². The Morgan fingerprint density at radius 1 is 1.53 bits per heavy atom. The Hall–Kier alpha value is -1.55. The van der Waals surface area contributed by atoms with Gasteiger partial charge in [0.2, 0.25) is 0 Å². The van der Waals surface area contributed by atoms with E-state index in [0.29, 0.717) is 12.3 Å². The molecule has 2 unspecified atom stereocenters. The van der Waals surface area contributed by atoms with Crippen LogP contribution in [0.1, 0.15) is 43.2 Å². The average Bonchev–Trinajstić information content (AvgIpc) is 3.14. The first-order valence-electron chi connectivity index (χ1n) is 6.56. The van der Waals surface area contributed by atoms with Crippen molar-refractivity contribution in [2.45, 2.75) is 37.6 Å². The number of methoxy groups -OCH3 is 1. The van der Waals surface area contributed by atoms with Gasteiger partial charge in [0.1, 0.15) is 11.3 Å². The molecule has 1 aliphatic carbocycles. The predicted molar refractivity (Wildman–Crippen MR) is 73.9 cm³/mol. The molecule has 1 aromatic carbocycles. The van der Waals surface area contributed by atoms with Crippen LogP contribution in [0.25, 0.3) is 0 Å². The van der Waals surface area contributed by atoms with Crippen molar-refractivity contribution in [2.24, 2.45) is 0 Å². The van der Waals surface area contributed by atoms with Crippen LogP contribution in [-0.4, -0.2) is 30.8 Å². The van der Waals surface area contributed by atoms with Crippen LogP contribution in [0, 0.1) is 0 Å². The van der Waals surface area contributed by atoms with Crippen LogP contribution in [0.15, 0.2) is 18.2 Å². The Balaban J connectivity index is 2.34. The molecule has 0 bridgehead atoms. The minimum atomic E-state index is -0.789. The lowest BCUT2D eigenvalue weighted by molar-refractivity contribution is -0.140. The molecule has 4 nitrogen and oxygen atoms in total. The van der Waals surface area contributed by atoms with Gasteiger partial charge in [-0.3, -0.25) is 4.79 Å². The molecule has 0 aromatic heterocycles. The number of hydrogen-bond donors (Lipinski definition) is 2. The zero-order valence-corrected chi connectivity index (χ0v) is 11.9. The van der Waals surface area contributed by atoms with Crippen molar-refractivity contribution in [2.75, 3.05) is 14.2 Å². The molecule has 2 N–H and O–H groups in total. The van der Waals surface area contributed by atoms with Gasteiger partial charge in [-0.05, 0) is 36.6 Å². The second-order valence-electron chi connectivity index (χ2n) is 5.44. The Morgan fingerprint density at radius 2 is 2.21 bits per heavy atom. The Bertz CT molecular complexity index is 498. The molecule has 104 valence electrons. The van der Waals surface area contributed by atoms with E-state index in [1.54, 1.807) is 14.2 Å². The van der Waals surface area contributed by atoms with Crippen molar-refractivity contribution >= 4 is 5.97 Å². The van der Waals surface area contributed by atoms with E-state index in [1.807, 2.05) is 12.1 Å². The number of carbonyl (C=O) groups is 1. The summed E-state index contributed by atoms with van der Waals surface area (Å²) in [5.41, 5.74) is 1.41. The summed E-state index contributed by atoms with van der Waals surface area (Å²) < 4.78 is 5.36. The first kappa shape index (κ1) is 13.9. The maximum atomic E-state index is 11.4. The van der Waals surface area contributed by atoms with Gasteiger partial charge in [0.25, 0.3) is 0 Å². The zero-order chi connectivity index (χ0) is 14.2. The van der Waals surface area contributed by atoms with Crippen LogP contribution in [0.4, 0.5) is 0 Å². The number of likely N-dealkylation sites (N-methyl/N-ethyl adjacent to an activating group) is 1. The minimum absolute atomic E-state index is 0.0402. The highest BCUT2D eigenvalue weighted by Gasteiger charge is 2.60. The summed E-state index contributed by atoms with van der Waals surface area (Å²) >= 11 is 0. The summed E-state index contributed by atoms with van der Waals surface area (Å²) in [6.45, 7) is 4.22. The SMILES string of the molecule is CNC1(C(=O)O)CC1c1ccc(OC)c(C(C)C)c1. The van der Waals surface area contributed by atoms with Crippen molar-refractivity contribution in [3.8, 4) is 5.75 Å². The smallest absolute Gasteiger partial charge is 0.324 e. The lowest BCUT2D eigenvalue weighted by Crippen LogP contribution is -2.38. The van der Waals surface area contributed by atoms with Gasteiger partial charge in [0.05, 0.1) is 7.11 Å². The van der Waals surface area contributed by atoms with E-state index >= 15 is 0 Å². The van der Waals surface area contributed by atoms with Crippen molar-refractivity contribution in [3.05, 3.63) is 29.3 Å². The fourth-order valence-electron chi connectivity index (χ4n) is 2.71. The number of hydrogen-bond acceptors (Lipinski definition) is 3. The van der Waals surface area contributed by atoms with Crippen LogP contribution >= 0.6 is 0 Å². The lowest BCUT2D eigenvalue weighted by Gasteiger charge is -2.15. The van der Waals surface area contributed by atoms with E-state index in [9.17, 15) is 9.90 Å². The topological polar surface area (TPSA) is 58.6 Å². The van der Waals surface area contributed by atoms with Gasteiger partial charge in [-0.1, -0.05) is 26.0 Å². The highest BCUT2D eigenvalue weighted by Crippen LogP contribution is 2.52. The van der Waals surface area contributed by atoms with Gasteiger partial charge in [0.15, 0.2) is 0 Å². The van der Waals surface area contributed by atoms with Crippen molar-refractivity contribution in [3.63, 3.8) is 0 Å². The fourth-order valence-corrected chi connectivity index (χ4v) is 2.71. The van der Waals surface area contributed by atoms with Crippen LogP contribution in [0.2, 0.25) is 0 Å². The number of carboxylic acid groups (broad SMARTS) is 1. The second-order valence-corrected chi connectivity index (χ2v) is 5.44. The fraction of sp³-hybridized carbons (Fsp3) is 0.533. The molecule has 0 saturated heterocycles. The van der Waals surface area contributed by atoms with Crippen LogP contribution in [0.3, 0.4) is 0 Å². The molecular formula is C15H21NO3. The lowest BCUT2D eigenvalue weighted by atomic mass is 9.96. The molecule has 2 rings (SSSR count). The average molecular weight is 263 g/mol. The van der Waals surface area contributed by atoms with E-state index in [4.69, 9.17) is 4.74 Å². The number of nitrogens with one attached hydrogen (secondary N) is 1. The highest BCUT2D eigenvalue weighted by molar-refractivity contribution is 5.85. The highest BCUT2D eigenvalue weighted by atomic mass is 16.5. The maximum absolute atomic E-state index is 11.4. The van der Waals surface area contributed by atoms with Gasteiger partial charge in [-0.2, -0.15) is 0 Å². The first-order valence-corrected chi connectivity index (χ1v) is 6.56. The predicted octanol–water partition coefficient (Wildman–Crippen LogP) is 2.35. The quantitative estimate of drug-likeness (QED) is 0.856. The Morgan fingerprint density at radius 3 is 2.63 bits per heavy atom. The summed E-state index contributed by atoms with van der Waals surface area (Å²) in [6.07, 6.45) is 0.642. The summed E-state index contributed by atoms with van der Waals surface area (Å²) in [7, 11) is 3.37. The molecule has 1 fully saturated rings. The first-order chi connectivity index (χ1) is 8.96. The summed E-state index contributed by atoms with van der Waals surface area (Å²) in [4.78, 5) is 11.4. The number of ether oxygens (including phenoxy) is 1. The second kappa shape index (κ2) is 4.85. The molecular weight excluding hydrogens is 242 g/mol. The van der Waals surface area contributed by atoms with Gasteiger partial charge in [0, 0.05) is 5.92 Å². The van der Waals surface area contributed by atoms with Crippen LogP contribution in [0.5, 0.6) is 5.75 Å². The maximum Gasteiger partial charge on any atom is 0.324 e. The van der Waals surface area contributed by atoms with Crippen molar-refractivity contribution in [1.29, 1.82) is 0 Å². The zero-order valence-electron chi connectivity index (χ0n) is 11.9. The van der Waals surface area contributed by atoms with E-state index in [-0.39, 0.29) is 5.92 Å². The summed E-state index contributed by atoms with van der Waals surface area (Å²) in [5.74, 6) is 0.479. The molecule has 1 aromatic rings. The Kier molecular flexibility index (Phi) is 3.54. The van der Waals surface area contributed by atoms with Gasteiger partial charge < -0.3 is 15.2 Å². The molecule has 0 aliphatic heterocycles. The van der Waals surface area contributed by atoms with Crippen molar-refractivity contribution in [1.82, 2.24) is 5.32 Å². The number of benzene rings is 1.